The second kappa shape index (κ2) is 7.35. The number of benzene rings is 1. The third-order valence-electron chi connectivity index (χ3n) is 4.17. The summed E-state index contributed by atoms with van der Waals surface area (Å²) in [5, 5.41) is 0.134. The third-order valence-corrected chi connectivity index (χ3v) is 4.52. The maximum atomic E-state index is 14.0. The average Bonchev–Trinajstić information content (AvgIpc) is 3.46. The van der Waals surface area contributed by atoms with Crippen LogP contribution in [0.2, 0.25) is 5.02 Å². The number of anilines is 1. The molecule has 0 atom stereocenters. The van der Waals surface area contributed by atoms with Crippen LogP contribution in [0, 0.1) is 5.82 Å². The van der Waals surface area contributed by atoms with Crippen molar-refractivity contribution in [2.75, 3.05) is 18.6 Å². The van der Waals surface area contributed by atoms with E-state index in [1.54, 1.807) is 18.2 Å². The van der Waals surface area contributed by atoms with Gasteiger partial charge in [0.1, 0.15) is 16.7 Å². The molecule has 3 rings (SSSR count). The summed E-state index contributed by atoms with van der Waals surface area (Å²) in [6.45, 7) is 2.77. The summed E-state index contributed by atoms with van der Waals surface area (Å²) in [5.74, 6) is 0.377. The van der Waals surface area contributed by atoms with E-state index >= 15 is 0 Å². The first-order chi connectivity index (χ1) is 12.0. The van der Waals surface area contributed by atoms with Gasteiger partial charge in [0.25, 0.3) is 0 Å². The van der Waals surface area contributed by atoms with Crippen LogP contribution in [0.5, 0.6) is 0 Å². The van der Waals surface area contributed by atoms with Gasteiger partial charge in [0, 0.05) is 24.6 Å². The van der Waals surface area contributed by atoms with Crippen LogP contribution >= 0.6 is 11.6 Å². The number of hydrogen-bond acceptors (Lipinski definition) is 5. The topological polar surface area (TPSA) is 55.3 Å². The molecule has 7 heteroatoms. The first kappa shape index (κ1) is 17.6. The molecule has 25 heavy (non-hydrogen) atoms. The molecule has 0 aliphatic heterocycles. The van der Waals surface area contributed by atoms with Crippen LogP contribution in [0.25, 0.3) is 0 Å². The van der Waals surface area contributed by atoms with Gasteiger partial charge in [0.05, 0.1) is 7.11 Å². The fourth-order valence-corrected chi connectivity index (χ4v) is 2.87. The zero-order valence-electron chi connectivity index (χ0n) is 14.1. The number of methoxy groups -OCH3 is 1. The predicted molar refractivity (Wildman–Crippen MR) is 93.5 cm³/mol. The van der Waals surface area contributed by atoms with Crippen LogP contribution in [0.3, 0.4) is 0 Å². The third kappa shape index (κ3) is 3.74. The molecule has 0 saturated heterocycles. The monoisotopic (exact) mass is 363 g/mol. The Morgan fingerprint density at radius 1 is 1.36 bits per heavy atom. The molecule has 2 aromatic rings. The van der Waals surface area contributed by atoms with Gasteiger partial charge in [-0.25, -0.2) is 19.2 Å². The Kier molecular flexibility index (Phi) is 5.18. The van der Waals surface area contributed by atoms with Crippen molar-refractivity contribution in [2.45, 2.75) is 32.2 Å². The lowest BCUT2D eigenvalue weighted by molar-refractivity contribution is 0.0593. The molecule has 0 radical (unpaired) electrons. The van der Waals surface area contributed by atoms with Gasteiger partial charge in [-0.05, 0) is 25.8 Å². The fourth-order valence-electron chi connectivity index (χ4n) is 2.59. The first-order valence-corrected chi connectivity index (χ1v) is 8.57. The summed E-state index contributed by atoms with van der Waals surface area (Å²) >= 11 is 6.40. The second-order valence-corrected chi connectivity index (χ2v) is 6.32. The van der Waals surface area contributed by atoms with E-state index in [1.807, 2.05) is 11.8 Å². The summed E-state index contributed by atoms with van der Waals surface area (Å²) in [5.41, 5.74) is 0.592. The first-order valence-electron chi connectivity index (χ1n) is 8.19. The largest absolute Gasteiger partial charge is 0.464 e. The minimum atomic E-state index is -0.600. The van der Waals surface area contributed by atoms with E-state index in [-0.39, 0.29) is 22.5 Å². The summed E-state index contributed by atoms with van der Waals surface area (Å²) in [6, 6.07) is 6.56. The Labute approximate surface area is 150 Å². The molecule has 1 aromatic carbocycles. The minimum absolute atomic E-state index is 0.0584. The molecule has 0 amide bonds. The molecule has 0 N–H and O–H groups in total. The van der Waals surface area contributed by atoms with E-state index in [0.29, 0.717) is 30.3 Å². The highest BCUT2D eigenvalue weighted by atomic mass is 35.5. The summed E-state index contributed by atoms with van der Waals surface area (Å²) < 4.78 is 18.8. The number of aromatic nitrogens is 2. The highest BCUT2D eigenvalue weighted by molar-refractivity contribution is 6.35. The lowest BCUT2D eigenvalue weighted by atomic mass is 10.2. The zero-order valence-corrected chi connectivity index (χ0v) is 14.9. The predicted octanol–water partition coefficient (Wildman–Crippen LogP) is 3.96. The normalized spacial score (nSPS) is 13.6. The van der Waals surface area contributed by atoms with Gasteiger partial charge in [-0.1, -0.05) is 29.8 Å². The van der Waals surface area contributed by atoms with Crippen molar-refractivity contribution in [3.8, 4) is 0 Å². The average molecular weight is 364 g/mol. The molecular formula is C18H19ClFN3O2. The maximum absolute atomic E-state index is 14.0. The maximum Gasteiger partial charge on any atom is 0.358 e. The molecule has 1 aliphatic rings. The molecule has 1 aliphatic carbocycles. The number of nitrogens with zero attached hydrogens (tertiary/aromatic N) is 3. The summed E-state index contributed by atoms with van der Waals surface area (Å²) in [4.78, 5) is 22.7. The minimum Gasteiger partial charge on any atom is -0.464 e. The molecule has 1 saturated carbocycles. The van der Waals surface area contributed by atoms with Crippen LogP contribution in [0.1, 0.15) is 47.6 Å². The molecule has 1 aromatic heterocycles. The highest BCUT2D eigenvalue weighted by Crippen LogP contribution is 2.40. The van der Waals surface area contributed by atoms with Crippen molar-refractivity contribution in [3.05, 3.63) is 52.2 Å². The smallest absolute Gasteiger partial charge is 0.358 e. The van der Waals surface area contributed by atoms with Crippen molar-refractivity contribution < 1.29 is 13.9 Å². The quantitative estimate of drug-likeness (QED) is 0.727. The van der Waals surface area contributed by atoms with Crippen molar-refractivity contribution in [2.24, 2.45) is 0 Å². The zero-order chi connectivity index (χ0) is 18.0. The number of rotatable bonds is 6. The van der Waals surface area contributed by atoms with Crippen LogP contribution in [0.15, 0.2) is 24.3 Å². The van der Waals surface area contributed by atoms with E-state index in [9.17, 15) is 9.18 Å². The number of carbonyl (C=O) groups excluding carboxylic acids is 1. The fraction of sp³-hybridized carbons (Fsp3) is 0.389. The van der Waals surface area contributed by atoms with Gasteiger partial charge in [-0.3, -0.25) is 0 Å². The van der Waals surface area contributed by atoms with Gasteiger partial charge in [0.15, 0.2) is 11.5 Å². The molecule has 0 spiro atoms. The SMILES string of the molecule is CCN(Cc1ccccc1F)c1nc(C2CC2)nc(C(=O)OC)c1Cl. The Bertz CT molecular complexity index is 796. The summed E-state index contributed by atoms with van der Waals surface area (Å²) in [6.07, 6.45) is 1.97. The van der Waals surface area contributed by atoms with Crippen molar-refractivity contribution in [1.29, 1.82) is 0 Å². The van der Waals surface area contributed by atoms with Crippen molar-refractivity contribution in [3.63, 3.8) is 0 Å². The van der Waals surface area contributed by atoms with E-state index in [2.05, 4.69) is 9.97 Å². The summed E-state index contributed by atoms with van der Waals surface area (Å²) in [7, 11) is 1.29. The lowest BCUT2D eigenvalue weighted by Gasteiger charge is -2.24. The number of ether oxygens (including phenoxy) is 1. The van der Waals surface area contributed by atoms with E-state index in [0.717, 1.165) is 12.8 Å². The molecular weight excluding hydrogens is 345 g/mol. The number of esters is 1. The van der Waals surface area contributed by atoms with Crippen LogP contribution < -0.4 is 4.90 Å². The highest BCUT2D eigenvalue weighted by Gasteiger charge is 2.31. The van der Waals surface area contributed by atoms with Crippen LogP contribution in [-0.4, -0.2) is 29.6 Å². The number of halogens is 2. The van der Waals surface area contributed by atoms with E-state index in [1.165, 1.54) is 13.2 Å². The standard InChI is InChI=1S/C18H19ClFN3O2/c1-3-23(10-12-6-4-5-7-13(12)20)17-14(19)15(18(24)25-2)21-16(22-17)11-8-9-11/h4-7,11H,3,8-10H2,1-2H3. The second-order valence-electron chi connectivity index (χ2n) is 5.94. The van der Waals surface area contributed by atoms with Crippen molar-refractivity contribution in [1.82, 2.24) is 9.97 Å². The number of carbonyl (C=O) groups is 1. The number of hydrogen-bond donors (Lipinski definition) is 0. The lowest BCUT2D eigenvalue weighted by Crippen LogP contribution is -2.26. The molecule has 1 heterocycles. The molecule has 132 valence electrons. The molecule has 0 bridgehead atoms. The van der Waals surface area contributed by atoms with Crippen LogP contribution in [0.4, 0.5) is 10.2 Å². The van der Waals surface area contributed by atoms with Gasteiger partial charge < -0.3 is 9.64 Å². The molecule has 5 nitrogen and oxygen atoms in total. The Morgan fingerprint density at radius 2 is 2.08 bits per heavy atom. The van der Waals surface area contributed by atoms with Gasteiger partial charge in [-0.15, -0.1) is 0 Å². The van der Waals surface area contributed by atoms with Crippen molar-refractivity contribution >= 4 is 23.4 Å². The van der Waals surface area contributed by atoms with Gasteiger partial charge >= 0.3 is 5.97 Å². The Balaban J connectivity index is 2.02. The van der Waals surface area contributed by atoms with Crippen LogP contribution in [-0.2, 0) is 11.3 Å². The van der Waals surface area contributed by atoms with E-state index < -0.39 is 5.97 Å². The molecule has 1 fully saturated rings. The molecule has 0 unspecified atom stereocenters. The van der Waals surface area contributed by atoms with Gasteiger partial charge in [0.2, 0.25) is 0 Å². The van der Waals surface area contributed by atoms with E-state index in [4.69, 9.17) is 16.3 Å². The van der Waals surface area contributed by atoms with Gasteiger partial charge in [-0.2, -0.15) is 0 Å². The Hall–Kier alpha value is -2.21. The Morgan fingerprint density at radius 3 is 2.68 bits per heavy atom.